The van der Waals surface area contributed by atoms with Gasteiger partial charge < -0.3 is 23.7 Å². The first kappa shape index (κ1) is 23.8. The van der Waals surface area contributed by atoms with E-state index in [1.54, 1.807) is 14.2 Å². The molecule has 0 amide bonds. The third kappa shape index (κ3) is 7.70. The van der Waals surface area contributed by atoms with Crippen LogP contribution in [0, 0.1) is 0 Å². The Bertz CT molecular complexity index is 859. The van der Waals surface area contributed by atoms with Crippen molar-refractivity contribution in [3.8, 4) is 11.5 Å². The van der Waals surface area contributed by atoms with Crippen LogP contribution in [0.3, 0.4) is 0 Å². The zero-order chi connectivity index (χ0) is 22.8. The molecule has 6 nitrogen and oxygen atoms in total. The number of rotatable bonds is 8. The molecular formula is C26H32O6. The van der Waals surface area contributed by atoms with Crippen molar-refractivity contribution >= 4 is 5.97 Å². The molecule has 0 spiro atoms. The summed E-state index contributed by atoms with van der Waals surface area (Å²) in [6, 6.07) is 15.5. The molecule has 0 bridgehead atoms. The summed E-state index contributed by atoms with van der Waals surface area (Å²) in [6.45, 7) is 2.80. The molecule has 2 aromatic rings. The lowest BCUT2D eigenvalue weighted by Crippen LogP contribution is -2.25. The monoisotopic (exact) mass is 440 g/mol. The molecule has 3 atom stereocenters. The average molecular weight is 441 g/mol. The molecule has 0 fully saturated rings. The summed E-state index contributed by atoms with van der Waals surface area (Å²) in [5.74, 6) is 1.41. The molecule has 1 aliphatic heterocycles. The molecule has 3 rings (SSSR count). The van der Waals surface area contributed by atoms with Crippen molar-refractivity contribution in [1.29, 1.82) is 0 Å². The Labute approximate surface area is 190 Å². The van der Waals surface area contributed by atoms with E-state index in [0.717, 1.165) is 22.6 Å². The largest absolute Gasteiger partial charge is 0.497 e. The van der Waals surface area contributed by atoms with Crippen molar-refractivity contribution in [2.24, 2.45) is 0 Å². The molecule has 0 N–H and O–H groups in total. The second kappa shape index (κ2) is 12.3. The molecule has 0 radical (unpaired) electrons. The first-order valence-electron chi connectivity index (χ1n) is 10.9. The Hall–Kier alpha value is -2.83. The molecule has 0 unspecified atom stereocenters. The number of esters is 1. The number of carbonyl (C=O) groups is 1. The van der Waals surface area contributed by atoms with Gasteiger partial charge in [0.2, 0.25) is 0 Å². The van der Waals surface area contributed by atoms with Crippen molar-refractivity contribution in [3.63, 3.8) is 0 Å². The smallest absolute Gasteiger partial charge is 0.306 e. The number of carbonyl (C=O) groups excluding carboxylic acids is 1. The minimum absolute atomic E-state index is 0.190. The van der Waals surface area contributed by atoms with Crippen LogP contribution in [0.4, 0.5) is 0 Å². The van der Waals surface area contributed by atoms with Crippen molar-refractivity contribution in [1.82, 2.24) is 0 Å². The summed E-state index contributed by atoms with van der Waals surface area (Å²) in [5, 5.41) is 0. The van der Waals surface area contributed by atoms with Crippen LogP contribution >= 0.6 is 0 Å². The highest BCUT2D eigenvalue weighted by molar-refractivity contribution is 5.69. The van der Waals surface area contributed by atoms with Gasteiger partial charge in [-0.15, -0.1) is 0 Å². The molecular weight excluding hydrogens is 408 g/mol. The maximum absolute atomic E-state index is 12.2. The minimum atomic E-state index is -0.218. The Balaban J connectivity index is 1.62. The topological polar surface area (TPSA) is 63.2 Å². The lowest BCUT2D eigenvalue weighted by atomic mass is 10.1. The average Bonchev–Trinajstić information content (AvgIpc) is 2.82. The molecule has 172 valence electrons. The van der Waals surface area contributed by atoms with Crippen molar-refractivity contribution < 1.29 is 28.5 Å². The van der Waals surface area contributed by atoms with Crippen LogP contribution in [0.15, 0.2) is 60.7 Å². The Morgan fingerprint density at radius 1 is 0.812 bits per heavy atom. The van der Waals surface area contributed by atoms with Crippen molar-refractivity contribution in [2.75, 3.05) is 14.2 Å². The number of benzene rings is 2. The number of hydrogen-bond donors (Lipinski definition) is 0. The number of ether oxygens (including phenoxy) is 5. The van der Waals surface area contributed by atoms with E-state index >= 15 is 0 Å². The molecule has 32 heavy (non-hydrogen) atoms. The summed E-state index contributed by atoms with van der Waals surface area (Å²) < 4.78 is 28.1. The zero-order valence-corrected chi connectivity index (χ0v) is 19.0. The Morgan fingerprint density at radius 3 is 1.84 bits per heavy atom. The molecule has 2 aromatic carbocycles. The van der Waals surface area contributed by atoms with Crippen LogP contribution in [-0.4, -0.2) is 38.5 Å². The minimum Gasteiger partial charge on any atom is -0.497 e. The predicted octanol–water partition coefficient (Wildman–Crippen LogP) is 4.85. The van der Waals surface area contributed by atoms with Crippen LogP contribution in [-0.2, 0) is 32.2 Å². The fourth-order valence-corrected chi connectivity index (χ4v) is 3.45. The summed E-state index contributed by atoms with van der Waals surface area (Å²) in [7, 11) is 3.29. The van der Waals surface area contributed by atoms with E-state index in [9.17, 15) is 4.79 Å². The van der Waals surface area contributed by atoms with Gasteiger partial charge in [0.15, 0.2) is 0 Å². The molecule has 6 heteroatoms. The molecule has 0 aliphatic carbocycles. The second-order valence-corrected chi connectivity index (χ2v) is 7.85. The lowest BCUT2D eigenvalue weighted by molar-refractivity contribution is -0.150. The highest BCUT2D eigenvalue weighted by Crippen LogP contribution is 2.19. The van der Waals surface area contributed by atoms with E-state index in [0.29, 0.717) is 32.5 Å². The second-order valence-electron chi connectivity index (χ2n) is 7.85. The van der Waals surface area contributed by atoms with Crippen LogP contribution in [0.5, 0.6) is 11.5 Å². The maximum Gasteiger partial charge on any atom is 0.306 e. The van der Waals surface area contributed by atoms with Gasteiger partial charge in [-0.25, -0.2) is 0 Å². The summed E-state index contributed by atoms with van der Waals surface area (Å²) in [5.41, 5.74) is 2.09. The SMILES string of the molecule is COc1ccc(CO[C@@H]2/C=C/[C@@H](OCc3ccc(OC)cc3)C[C@@H](C)OC(=O)CC2)cc1. The van der Waals surface area contributed by atoms with Gasteiger partial charge in [0.1, 0.15) is 17.6 Å². The maximum atomic E-state index is 12.2. The molecule has 0 saturated carbocycles. The van der Waals surface area contributed by atoms with Crippen molar-refractivity contribution in [2.45, 2.75) is 57.7 Å². The van der Waals surface area contributed by atoms with Crippen LogP contribution < -0.4 is 9.47 Å². The van der Waals surface area contributed by atoms with E-state index in [1.807, 2.05) is 67.6 Å². The Morgan fingerprint density at radius 2 is 1.31 bits per heavy atom. The van der Waals surface area contributed by atoms with Crippen LogP contribution in [0.2, 0.25) is 0 Å². The third-order valence-electron chi connectivity index (χ3n) is 5.32. The van der Waals surface area contributed by atoms with E-state index in [2.05, 4.69) is 0 Å². The highest BCUT2D eigenvalue weighted by Gasteiger charge is 2.19. The van der Waals surface area contributed by atoms with Gasteiger partial charge in [-0.2, -0.15) is 0 Å². The van der Waals surface area contributed by atoms with Crippen LogP contribution in [0.1, 0.15) is 37.3 Å². The van der Waals surface area contributed by atoms with Gasteiger partial charge in [-0.1, -0.05) is 36.4 Å². The number of methoxy groups -OCH3 is 2. The quantitative estimate of drug-likeness (QED) is 0.432. The lowest BCUT2D eigenvalue weighted by Gasteiger charge is -2.23. The van der Waals surface area contributed by atoms with Crippen molar-refractivity contribution in [3.05, 3.63) is 71.8 Å². The van der Waals surface area contributed by atoms with Gasteiger partial charge in [0.25, 0.3) is 0 Å². The summed E-state index contributed by atoms with van der Waals surface area (Å²) in [6.07, 6.45) is 4.89. The van der Waals surface area contributed by atoms with Gasteiger partial charge in [0, 0.05) is 12.8 Å². The first-order chi connectivity index (χ1) is 15.6. The third-order valence-corrected chi connectivity index (χ3v) is 5.32. The molecule has 0 aromatic heterocycles. The van der Waals surface area contributed by atoms with E-state index in [4.69, 9.17) is 23.7 Å². The van der Waals surface area contributed by atoms with Gasteiger partial charge in [-0.3, -0.25) is 4.79 Å². The molecule has 1 aliphatic rings. The number of hydrogen-bond acceptors (Lipinski definition) is 6. The normalized spacial score (nSPS) is 22.6. The van der Waals surface area contributed by atoms with E-state index < -0.39 is 0 Å². The summed E-state index contributed by atoms with van der Waals surface area (Å²) in [4.78, 5) is 12.2. The number of cyclic esters (lactones) is 1. The molecule has 1 heterocycles. The summed E-state index contributed by atoms with van der Waals surface area (Å²) >= 11 is 0. The Kier molecular flexibility index (Phi) is 9.13. The van der Waals surface area contributed by atoms with Gasteiger partial charge in [-0.05, 0) is 48.7 Å². The van der Waals surface area contributed by atoms with Gasteiger partial charge in [0.05, 0.1) is 39.6 Å². The fraction of sp³-hybridized carbons (Fsp3) is 0.423. The van der Waals surface area contributed by atoms with E-state index in [1.165, 1.54) is 0 Å². The van der Waals surface area contributed by atoms with Gasteiger partial charge >= 0.3 is 5.97 Å². The van der Waals surface area contributed by atoms with Crippen LogP contribution in [0.25, 0.3) is 0 Å². The molecule has 0 saturated heterocycles. The van der Waals surface area contributed by atoms with E-state index in [-0.39, 0.29) is 24.3 Å². The fourth-order valence-electron chi connectivity index (χ4n) is 3.45. The predicted molar refractivity (Wildman–Crippen MR) is 122 cm³/mol. The highest BCUT2D eigenvalue weighted by atomic mass is 16.5. The first-order valence-corrected chi connectivity index (χ1v) is 10.9. The zero-order valence-electron chi connectivity index (χ0n) is 19.0. The standard InChI is InChI=1S/C26H32O6/c1-19-16-25(31-18-21-6-10-23(29-3)11-7-21)13-12-24(14-15-26(27)32-19)30-17-20-4-8-22(28-2)9-5-20/h4-13,19,24-25H,14-18H2,1-3H3/b13-12+/t19-,24-,25-/m1/s1.